The van der Waals surface area contributed by atoms with Gasteiger partial charge in [-0.3, -0.25) is 9.59 Å². The Morgan fingerprint density at radius 3 is 2.56 bits per heavy atom. The standard InChI is InChI=1S/C20H24N2O3/c1-2-25-18-5-3-15(4-6-18)13-20(24)22-11-8-16(9-12-22)17-7-10-21-19(23)14-17/h3-7,10,14,16H,2,8-9,11-13H2,1H3,(H,21,23). The maximum atomic E-state index is 12.5. The molecule has 1 aromatic heterocycles. The van der Waals surface area contributed by atoms with Crippen LogP contribution in [0.5, 0.6) is 5.75 Å². The Morgan fingerprint density at radius 1 is 1.20 bits per heavy atom. The largest absolute Gasteiger partial charge is 0.494 e. The van der Waals surface area contributed by atoms with Gasteiger partial charge in [0.1, 0.15) is 5.75 Å². The number of pyridine rings is 1. The van der Waals surface area contributed by atoms with Crippen LogP contribution in [0.1, 0.15) is 36.8 Å². The van der Waals surface area contributed by atoms with Gasteiger partial charge in [-0.05, 0) is 55.0 Å². The molecule has 2 heterocycles. The Labute approximate surface area is 147 Å². The second kappa shape index (κ2) is 8.01. The zero-order chi connectivity index (χ0) is 17.6. The van der Waals surface area contributed by atoms with Crippen molar-refractivity contribution in [1.29, 1.82) is 0 Å². The zero-order valence-electron chi connectivity index (χ0n) is 14.5. The van der Waals surface area contributed by atoms with E-state index in [9.17, 15) is 9.59 Å². The van der Waals surface area contributed by atoms with Crippen LogP contribution in [0.2, 0.25) is 0 Å². The Kier molecular flexibility index (Phi) is 5.53. The van der Waals surface area contributed by atoms with E-state index in [2.05, 4.69) is 4.98 Å². The normalized spacial score (nSPS) is 15.2. The lowest BCUT2D eigenvalue weighted by atomic mass is 9.90. The van der Waals surface area contributed by atoms with Gasteiger partial charge in [-0.15, -0.1) is 0 Å². The summed E-state index contributed by atoms with van der Waals surface area (Å²) in [4.78, 5) is 28.5. The number of amides is 1. The Hall–Kier alpha value is -2.56. The Bertz CT molecular complexity index is 759. The minimum Gasteiger partial charge on any atom is -0.494 e. The number of hydrogen-bond donors (Lipinski definition) is 1. The zero-order valence-corrected chi connectivity index (χ0v) is 14.5. The molecule has 0 radical (unpaired) electrons. The van der Waals surface area contributed by atoms with Gasteiger partial charge in [0, 0.05) is 25.4 Å². The quantitative estimate of drug-likeness (QED) is 0.910. The number of rotatable bonds is 5. The highest BCUT2D eigenvalue weighted by Gasteiger charge is 2.24. The molecule has 5 nitrogen and oxygen atoms in total. The second-order valence-corrected chi connectivity index (χ2v) is 6.40. The molecule has 5 heteroatoms. The van der Waals surface area contributed by atoms with E-state index < -0.39 is 0 Å². The summed E-state index contributed by atoms with van der Waals surface area (Å²) in [6.45, 7) is 4.08. The molecule has 2 aromatic rings. The fourth-order valence-corrected chi connectivity index (χ4v) is 3.33. The van der Waals surface area contributed by atoms with Crippen molar-refractivity contribution in [3.8, 4) is 5.75 Å². The first kappa shape index (κ1) is 17.3. The third-order valence-corrected chi connectivity index (χ3v) is 4.71. The van der Waals surface area contributed by atoms with Gasteiger partial charge >= 0.3 is 0 Å². The molecule has 0 atom stereocenters. The highest BCUT2D eigenvalue weighted by atomic mass is 16.5. The maximum Gasteiger partial charge on any atom is 0.248 e. The van der Waals surface area contributed by atoms with Crippen LogP contribution in [0.4, 0.5) is 0 Å². The first-order valence-corrected chi connectivity index (χ1v) is 8.84. The van der Waals surface area contributed by atoms with Crippen molar-refractivity contribution in [1.82, 2.24) is 9.88 Å². The van der Waals surface area contributed by atoms with Crippen molar-refractivity contribution in [3.05, 3.63) is 64.1 Å². The minimum absolute atomic E-state index is 0.0634. The van der Waals surface area contributed by atoms with Crippen molar-refractivity contribution in [2.45, 2.75) is 32.1 Å². The summed E-state index contributed by atoms with van der Waals surface area (Å²) in [6, 6.07) is 11.3. The Morgan fingerprint density at radius 2 is 1.92 bits per heavy atom. The lowest BCUT2D eigenvalue weighted by Gasteiger charge is -2.32. The number of nitrogens with one attached hydrogen (secondary N) is 1. The number of carbonyl (C=O) groups is 1. The van der Waals surface area contributed by atoms with Gasteiger partial charge in [0.05, 0.1) is 13.0 Å². The first-order chi connectivity index (χ1) is 12.2. The highest BCUT2D eigenvalue weighted by Crippen LogP contribution is 2.27. The molecule has 1 aliphatic heterocycles. The summed E-state index contributed by atoms with van der Waals surface area (Å²) in [7, 11) is 0. The molecule has 0 unspecified atom stereocenters. The number of aromatic nitrogens is 1. The molecule has 1 aromatic carbocycles. The lowest BCUT2D eigenvalue weighted by Crippen LogP contribution is -2.38. The molecule has 0 spiro atoms. The number of hydrogen-bond acceptors (Lipinski definition) is 3. The lowest BCUT2D eigenvalue weighted by molar-refractivity contribution is -0.131. The molecule has 1 N–H and O–H groups in total. The van der Waals surface area contributed by atoms with Crippen molar-refractivity contribution < 1.29 is 9.53 Å². The molecular formula is C20H24N2O3. The van der Waals surface area contributed by atoms with E-state index in [-0.39, 0.29) is 11.5 Å². The van der Waals surface area contributed by atoms with E-state index in [1.807, 2.05) is 42.2 Å². The van der Waals surface area contributed by atoms with Crippen molar-refractivity contribution in [3.63, 3.8) is 0 Å². The summed E-state index contributed by atoms with van der Waals surface area (Å²) in [5, 5.41) is 0. The Balaban J connectivity index is 1.53. The van der Waals surface area contributed by atoms with Crippen LogP contribution in [0.25, 0.3) is 0 Å². The summed E-state index contributed by atoms with van der Waals surface area (Å²) in [5.41, 5.74) is 2.01. The molecule has 1 amide bonds. The molecule has 1 saturated heterocycles. The summed E-state index contributed by atoms with van der Waals surface area (Å²) in [5.74, 6) is 1.35. The van der Waals surface area contributed by atoms with Gasteiger partial charge in [0.15, 0.2) is 0 Å². The van der Waals surface area contributed by atoms with Crippen LogP contribution >= 0.6 is 0 Å². The maximum absolute atomic E-state index is 12.5. The molecule has 0 bridgehead atoms. The fraction of sp³-hybridized carbons (Fsp3) is 0.400. The number of likely N-dealkylation sites (tertiary alicyclic amines) is 1. The molecule has 1 fully saturated rings. The van der Waals surface area contributed by atoms with Crippen LogP contribution in [-0.2, 0) is 11.2 Å². The van der Waals surface area contributed by atoms with Gasteiger partial charge in [-0.2, -0.15) is 0 Å². The SMILES string of the molecule is CCOc1ccc(CC(=O)N2CCC(c3cc[nH]c(=O)c3)CC2)cc1. The molecule has 0 aliphatic carbocycles. The van der Waals surface area contributed by atoms with Gasteiger partial charge in [0.25, 0.3) is 0 Å². The molecule has 1 aliphatic rings. The van der Waals surface area contributed by atoms with Crippen LogP contribution in [-0.4, -0.2) is 35.5 Å². The van der Waals surface area contributed by atoms with Gasteiger partial charge in [0.2, 0.25) is 11.5 Å². The van der Waals surface area contributed by atoms with E-state index in [0.717, 1.165) is 42.8 Å². The second-order valence-electron chi connectivity index (χ2n) is 6.40. The third-order valence-electron chi connectivity index (χ3n) is 4.71. The number of aromatic amines is 1. The molecule has 25 heavy (non-hydrogen) atoms. The van der Waals surface area contributed by atoms with Crippen LogP contribution in [0.15, 0.2) is 47.4 Å². The van der Waals surface area contributed by atoms with Crippen molar-refractivity contribution in [2.75, 3.05) is 19.7 Å². The number of carbonyl (C=O) groups excluding carboxylic acids is 1. The van der Waals surface area contributed by atoms with E-state index in [4.69, 9.17) is 4.74 Å². The highest BCUT2D eigenvalue weighted by molar-refractivity contribution is 5.79. The van der Waals surface area contributed by atoms with Crippen LogP contribution in [0, 0.1) is 0 Å². The summed E-state index contributed by atoms with van der Waals surface area (Å²) >= 11 is 0. The molecule has 0 saturated carbocycles. The molecule has 3 rings (SSSR count). The number of benzene rings is 1. The van der Waals surface area contributed by atoms with Crippen molar-refractivity contribution >= 4 is 5.91 Å². The van der Waals surface area contributed by atoms with Crippen LogP contribution < -0.4 is 10.3 Å². The third kappa shape index (κ3) is 4.50. The number of nitrogens with zero attached hydrogens (tertiary/aromatic N) is 1. The monoisotopic (exact) mass is 340 g/mol. The van der Waals surface area contributed by atoms with E-state index in [0.29, 0.717) is 18.9 Å². The first-order valence-electron chi connectivity index (χ1n) is 8.84. The van der Waals surface area contributed by atoms with E-state index >= 15 is 0 Å². The fourth-order valence-electron chi connectivity index (χ4n) is 3.33. The average molecular weight is 340 g/mol. The number of piperidine rings is 1. The predicted octanol–water partition coefficient (Wildman–Crippen LogP) is 2.72. The summed E-state index contributed by atoms with van der Waals surface area (Å²) in [6.07, 6.45) is 3.92. The topological polar surface area (TPSA) is 62.4 Å². The number of H-pyrrole nitrogens is 1. The minimum atomic E-state index is -0.0634. The van der Waals surface area contributed by atoms with E-state index in [1.54, 1.807) is 12.3 Å². The predicted molar refractivity (Wildman–Crippen MR) is 96.9 cm³/mol. The average Bonchev–Trinajstić information content (AvgIpc) is 2.64. The van der Waals surface area contributed by atoms with Gasteiger partial charge in [-0.25, -0.2) is 0 Å². The van der Waals surface area contributed by atoms with Gasteiger partial charge in [-0.1, -0.05) is 12.1 Å². The van der Waals surface area contributed by atoms with Crippen molar-refractivity contribution in [2.24, 2.45) is 0 Å². The summed E-state index contributed by atoms with van der Waals surface area (Å²) < 4.78 is 5.42. The smallest absolute Gasteiger partial charge is 0.248 e. The van der Waals surface area contributed by atoms with Crippen LogP contribution in [0.3, 0.4) is 0 Å². The molecular weight excluding hydrogens is 316 g/mol. The molecule has 132 valence electrons. The van der Waals surface area contributed by atoms with Gasteiger partial charge < -0.3 is 14.6 Å². The van der Waals surface area contributed by atoms with E-state index in [1.165, 1.54) is 0 Å². The number of ether oxygens (including phenoxy) is 1.